The monoisotopic (exact) mass is 293 g/mol. The lowest BCUT2D eigenvalue weighted by molar-refractivity contribution is 0.260. The minimum atomic E-state index is 0.222. The standard InChI is InChI=1S/C14H16ClN3O2/c1-9-17-18-14(20-9)8-19-13-5-2-10(6-12(13)15)7-16-11-3-4-11/h2,5-6,11,16H,3-4,7-8H2,1H3. The third kappa shape index (κ3) is 3.49. The Balaban J connectivity index is 1.58. The molecule has 1 N–H and O–H groups in total. The minimum absolute atomic E-state index is 0.222. The number of nitrogens with one attached hydrogen (secondary N) is 1. The summed E-state index contributed by atoms with van der Waals surface area (Å²) in [6.07, 6.45) is 2.55. The molecule has 0 radical (unpaired) electrons. The Bertz CT molecular complexity index is 596. The number of halogens is 1. The van der Waals surface area contributed by atoms with Crippen molar-refractivity contribution in [3.05, 3.63) is 40.6 Å². The first-order valence-electron chi connectivity index (χ1n) is 6.64. The van der Waals surface area contributed by atoms with Gasteiger partial charge in [-0.15, -0.1) is 10.2 Å². The molecule has 1 aliphatic rings. The predicted molar refractivity (Wildman–Crippen MR) is 74.7 cm³/mol. The first kappa shape index (κ1) is 13.4. The van der Waals surface area contributed by atoms with Crippen molar-refractivity contribution in [2.75, 3.05) is 0 Å². The van der Waals surface area contributed by atoms with Gasteiger partial charge in [-0.3, -0.25) is 0 Å². The van der Waals surface area contributed by atoms with E-state index in [1.54, 1.807) is 6.92 Å². The van der Waals surface area contributed by atoms with E-state index in [0.717, 1.165) is 12.1 Å². The van der Waals surface area contributed by atoms with Gasteiger partial charge in [-0.2, -0.15) is 0 Å². The van der Waals surface area contributed by atoms with E-state index < -0.39 is 0 Å². The molecule has 20 heavy (non-hydrogen) atoms. The zero-order chi connectivity index (χ0) is 13.9. The van der Waals surface area contributed by atoms with Crippen LogP contribution in [0.5, 0.6) is 5.75 Å². The van der Waals surface area contributed by atoms with Gasteiger partial charge in [-0.1, -0.05) is 17.7 Å². The van der Waals surface area contributed by atoms with Crippen molar-refractivity contribution in [3.63, 3.8) is 0 Å². The Hall–Kier alpha value is -1.59. The van der Waals surface area contributed by atoms with Gasteiger partial charge in [0.2, 0.25) is 5.89 Å². The molecular weight excluding hydrogens is 278 g/mol. The lowest BCUT2D eigenvalue weighted by Gasteiger charge is -2.08. The molecule has 0 spiro atoms. The molecule has 1 heterocycles. The Morgan fingerprint density at radius 2 is 2.25 bits per heavy atom. The zero-order valence-corrected chi connectivity index (χ0v) is 12.0. The molecule has 0 unspecified atom stereocenters. The fraction of sp³-hybridized carbons (Fsp3) is 0.429. The summed E-state index contributed by atoms with van der Waals surface area (Å²) in [6.45, 7) is 2.80. The van der Waals surface area contributed by atoms with Crippen LogP contribution in [0.1, 0.15) is 30.2 Å². The van der Waals surface area contributed by atoms with Crippen LogP contribution in [0, 0.1) is 6.92 Å². The normalized spacial score (nSPS) is 14.5. The van der Waals surface area contributed by atoms with Gasteiger partial charge in [0.15, 0.2) is 6.61 Å². The number of hydrogen-bond acceptors (Lipinski definition) is 5. The maximum Gasteiger partial charge on any atom is 0.253 e. The second-order valence-electron chi connectivity index (χ2n) is 4.92. The molecule has 0 aliphatic heterocycles. The summed E-state index contributed by atoms with van der Waals surface area (Å²) in [5.41, 5.74) is 1.16. The third-order valence-electron chi connectivity index (χ3n) is 3.09. The van der Waals surface area contributed by atoms with Crippen molar-refractivity contribution >= 4 is 11.6 Å². The zero-order valence-electron chi connectivity index (χ0n) is 11.2. The number of hydrogen-bond donors (Lipinski definition) is 1. The highest BCUT2D eigenvalue weighted by molar-refractivity contribution is 6.32. The Morgan fingerprint density at radius 3 is 2.90 bits per heavy atom. The van der Waals surface area contributed by atoms with Crippen molar-refractivity contribution < 1.29 is 9.15 Å². The van der Waals surface area contributed by atoms with Crippen molar-refractivity contribution in [1.29, 1.82) is 0 Å². The molecule has 0 bridgehead atoms. The van der Waals surface area contributed by atoms with Crippen LogP contribution in [0.2, 0.25) is 5.02 Å². The number of rotatable bonds is 6. The summed E-state index contributed by atoms with van der Waals surface area (Å²) in [6, 6.07) is 6.49. The van der Waals surface area contributed by atoms with Crippen LogP contribution < -0.4 is 10.1 Å². The van der Waals surface area contributed by atoms with E-state index >= 15 is 0 Å². The van der Waals surface area contributed by atoms with Crippen LogP contribution in [0.25, 0.3) is 0 Å². The quantitative estimate of drug-likeness (QED) is 0.887. The summed E-state index contributed by atoms with van der Waals surface area (Å²) in [5.74, 6) is 1.59. The van der Waals surface area contributed by atoms with Crippen LogP contribution in [-0.4, -0.2) is 16.2 Å². The van der Waals surface area contributed by atoms with Crippen LogP contribution in [0.15, 0.2) is 22.6 Å². The molecule has 0 amide bonds. The Morgan fingerprint density at radius 1 is 1.40 bits per heavy atom. The van der Waals surface area contributed by atoms with Crippen LogP contribution >= 0.6 is 11.6 Å². The molecule has 1 aromatic heterocycles. The average Bonchev–Trinajstić information content (AvgIpc) is 3.17. The number of nitrogens with zero attached hydrogens (tertiary/aromatic N) is 2. The summed E-state index contributed by atoms with van der Waals surface area (Å²) in [7, 11) is 0. The molecule has 2 aromatic rings. The van der Waals surface area contributed by atoms with Crippen molar-refractivity contribution in [1.82, 2.24) is 15.5 Å². The number of benzene rings is 1. The van der Waals surface area contributed by atoms with Crippen molar-refractivity contribution in [2.45, 2.75) is 39.0 Å². The van der Waals surface area contributed by atoms with E-state index in [1.165, 1.54) is 12.8 Å². The van der Waals surface area contributed by atoms with E-state index in [2.05, 4.69) is 15.5 Å². The van der Waals surface area contributed by atoms with Gasteiger partial charge >= 0.3 is 0 Å². The van der Waals surface area contributed by atoms with E-state index in [1.807, 2.05) is 18.2 Å². The molecule has 1 fully saturated rings. The molecule has 1 saturated carbocycles. The molecule has 1 aliphatic carbocycles. The van der Waals surface area contributed by atoms with Gasteiger partial charge < -0.3 is 14.5 Å². The summed E-state index contributed by atoms with van der Waals surface area (Å²) >= 11 is 6.21. The maximum atomic E-state index is 6.21. The number of aryl methyl sites for hydroxylation is 1. The number of ether oxygens (including phenoxy) is 1. The van der Waals surface area contributed by atoms with Gasteiger partial charge in [0.25, 0.3) is 5.89 Å². The Kier molecular flexibility index (Phi) is 3.89. The third-order valence-corrected chi connectivity index (χ3v) is 3.38. The predicted octanol–water partition coefficient (Wildman–Crippen LogP) is 2.86. The first-order chi connectivity index (χ1) is 9.70. The summed E-state index contributed by atoms with van der Waals surface area (Å²) in [4.78, 5) is 0. The van der Waals surface area contributed by atoms with E-state index in [4.69, 9.17) is 20.8 Å². The average molecular weight is 294 g/mol. The lowest BCUT2D eigenvalue weighted by atomic mass is 10.2. The fourth-order valence-electron chi connectivity index (χ4n) is 1.86. The topological polar surface area (TPSA) is 60.2 Å². The highest BCUT2D eigenvalue weighted by Gasteiger charge is 2.20. The second kappa shape index (κ2) is 5.81. The SMILES string of the molecule is Cc1nnc(COc2ccc(CNC3CC3)cc2Cl)o1. The number of aromatic nitrogens is 2. The summed E-state index contributed by atoms with van der Waals surface area (Å²) < 4.78 is 10.8. The molecule has 3 rings (SSSR count). The van der Waals surface area contributed by atoms with E-state index in [-0.39, 0.29) is 6.61 Å². The molecule has 0 atom stereocenters. The lowest BCUT2D eigenvalue weighted by Crippen LogP contribution is -2.15. The molecule has 0 saturated heterocycles. The first-order valence-corrected chi connectivity index (χ1v) is 7.02. The van der Waals surface area contributed by atoms with Crippen molar-refractivity contribution in [3.8, 4) is 5.75 Å². The smallest absolute Gasteiger partial charge is 0.253 e. The van der Waals surface area contributed by atoms with Crippen LogP contribution in [-0.2, 0) is 13.2 Å². The van der Waals surface area contributed by atoms with Gasteiger partial charge in [-0.25, -0.2) is 0 Å². The fourth-order valence-corrected chi connectivity index (χ4v) is 2.11. The summed E-state index contributed by atoms with van der Waals surface area (Å²) in [5, 5.41) is 11.7. The molecule has 106 valence electrons. The van der Waals surface area contributed by atoms with Gasteiger partial charge in [0.1, 0.15) is 5.75 Å². The van der Waals surface area contributed by atoms with Gasteiger partial charge in [0, 0.05) is 19.5 Å². The Labute approximate surface area is 122 Å². The molecule has 1 aromatic carbocycles. The molecular formula is C14H16ClN3O2. The maximum absolute atomic E-state index is 6.21. The molecule has 5 nitrogen and oxygen atoms in total. The largest absolute Gasteiger partial charge is 0.482 e. The van der Waals surface area contributed by atoms with Crippen LogP contribution in [0.4, 0.5) is 0 Å². The second-order valence-corrected chi connectivity index (χ2v) is 5.33. The van der Waals surface area contributed by atoms with Crippen molar-refractivity contribution in [2.24, 2.45) is 0 Å². The van der Waals surface area contributed by atoms with Gasteiger partial charge in [0.05, 0.1) is 5.02 Å². The van der Waals surface area contributed by atoms with E-state index in [9.17, 15) is 0 Å². The highest BCUT2D eigenvalue weighted by atomic mass is 35.5. The molecule has 6 heteroatoms. The van der Waals surface area contributed by atoms with Gasteiger partial charge in [-0.05, 0) is 30.5 Å². The minimum Gasteiger partial charge on any atom is -0.482 e. The van der Waals surface area contributed by atoms with E-state index in [0.29, 0.717) is 28.6 Å². The van der Waals surface area contributed by atoms with Crippen LogP contribution in [0.3, 0.4) is 0 Å². The highest BCUT2D eigenvalue weighted by Crippen LogP contribution is 2.27.